The maximum absolute atomic E-state index is 14.3. The summed E-state index contributed by atoms with van der Waals surface area (Å²) >= 11 is 0. The fourth-order valence-electron chi connectivity index (χ4n) is 5.31. The topological polar surface area (TPSA) is 79.3 Å². The van der Waals surface area contributed by atoms with E-state index in [9.17, 15) is 9.59 Å². The van der Waals surface area contributed by atoms with Crippen LogP contribution in [-0.2, 0) is 4.79 Å². The first-order chi connectivity index (χ1) is 16.5. The van der Waals surface area contributed by atoms with E-state index in [1.54, 1.807) is 25.5 Å². The van der Waals surface area contributed by atoms with Gasteiger partial charge in [0.25, 0.3) is 0 Å². The minimum absolute atomic E-state index is 0.0252. The molecule has 0 bridgehead atoms. The molecule has 5 heterocycles. The molecule has 1 saturated heterocycles. The van der Waals surface area contributed by atoms with Crippen molar-refractivity contribution >= 4 is 50.9 Å². The molecule has 34 heavy (non-hydrogen) atoms. The van der Waals surface area contributed by atoms with Gasteiger partial charge in [0.2, 0.25) is 5.91 Å². The highest BCUT2D eigenvalue weighted by atomic mass is 16.2. The fourth-order valence-corrected chi connectivity index (χ4v) is 5.31. The van der Waals surface area contributed by atoms with Gasteiger partial charge < -0.3 is 4.90 Å². The van der Waals surface area contributed by atoms with Crippen molar-refractivity contribution in [2.75, 3.05) is 25.0 Å². The van der Waals surface area contributed by atoms with Gasteiger partial charge in [-0.3, -0.25) is 14.8 Å². The Hall–Kier alpha value is -3.91. The van der Waals surface area contributed by atoms with Crippen LogP contribution in [0.4, 0.5) is 21.9 Å². The van der Waals surface area contributed by atoms with Crippen molar-refractivity contribution in [1.82, 2.24) is 24.3 Å². The van der Waals surface area contributed by atoms with Crippen LogP contribution in [0.15, 0.2) is 61.1 Å². The molecule has 1 fully saturated rings. The third-order valence-electron chi connectivity index (χ3n) is 7.26. The van der Waals surface area contributed by atoms with Crippen LogP contribution in [0.1, 0.15) is 19.8 Å². The molecule has 1 atom stereocenters. The number of fused-ring (bicyclic) bond motifs is 4. The van der Waals surface area contributed by atoms with E-state index < -0.39 is 0 Å². The van der Waals surface area contributed by atoms with Crippen LogP contribution < -0.4 is 9.38 Å². The lowest BCUT2D eigenvalue weighted by Gasteiger charge is -2.35. The average Bonchev–Trinajstić information content (AvgIpc) is 3.11. The van der Waals surface area contributed by atoms with Crippen LogP contribution in [0.2, 0.25) is 0 Å². The maximum atomic E-state index is 14.3. The molecule has 2 aliphatic rings. The standard InChI is InChI=1S/C26H25N6O2/c1-17(33)30-12-9-19(10-13-30)31-25-23(16-29-22-8-5-11-27-24(22)25)32(2,26(31)34)20-14-18-6-3-4-7-21(18)28-15-20/h3-8,11,14-16,19H,9-10,12-13H2,1-2H3/q+1. The Labute approximate surface area is 197 Å². The van der Waals surface area contributed by atoms with Crippen LogP contribution >= 0.6 is 0 Å². The molecular formula is C26H25N6O2+. The van der Waals surface area contributed by atoms with E-state index in [1.807, 2.05) is 59.3 Å². The van der Waals surface area contributed by atoms with Gasteiger partial charge in [0, 0.05) is 43.7 Å². The first-order valence-corrected chi connectivity index (χ1v) is 11.5. The van der Waals surface area contributed by atoms with E-state index in [0.29, 0.717) is 13.1 Å². The van der Waals surface area contributed by atoms with Crippen molar-refractivity contribution in [3.63, 3.8) is 0 Å². The number of carbonyl (C=O) groups excluding carboxylic acids is 2. The molecule has 2 aliphatic heterocycles. The predicted molar refractivity (Wildman–Crippen MR) is 132 cm³/mol. The van der Waals surface area contributed by atoms with Crippen LogP contribution in [-0.4, -0.2) is 58.0 Å². The highest BCUT2D eigenvalue weighted by Crippen LogP contribution is 2.50. The summed E-state index contributed by atoms with van der Waals surface area (Å²) in [6.45, 7) is 2.87. The minimum Gasteiger partial charge on any atom is -0.343 e. The van der Waals surface area contributed by atoms with E-state index in [1.165, 1.54) is 0 Å². The Morgan fingerprint density at radius 1 is 1.00 bits per heavy atom. The maximum Gasteiger partial charge on any atom is 0.434 e. The summed E-state index contributed by atoms with van der Waals surface area (Å²) in [4.78, 5) is 43.9. The highest BCUT2D eigenvalue weighted by molar-refractivity contribution is 6.18. The Morgan fingerprint density at radius 2 is 1.74 bits per heavy atom. The van der Waals surface area contributed by atoms with E-state index in [2.05, 4.69) is 15.0 Å². The number of quaternary nitrogens is 1. The highest BCUT2D eigenvalue weighted by Gasteiger charge is 2.55. The summed E-state index contributed by atoms with van der Waals surface area (Å²) < 4.78 is -0.0559. The van der Waals surface area contributed by atoms with E-state index in [0.717, 1.165) is 51.8 Å². The van der Waals surface area contributed by atoms with Gasteiger partial charge in [0.1, 0.15) is 11.2 Å². The molecule has 6 rings (SSSR count). The van der Waals surface area contributed by atoms with Crippen molar-refractivity contribution in [3.8, 4) is 0 Å². The number of hydrogen-bond donors (Lipinski definition) is 0. The van der Waals surface area contributed by atoms with Crippen LogP contribution in [0.3, 0.4) is 0 Å². The van der Waals surface area contributed by atoms with Crippen LogP contribution in [0.25, 0.3) is 21.9 Å². The number of likely N-dealkylation sites (tertiary alicyclic amines) is 1. The van der Waals surface area contributed by atoms with Crippen molar-refractivity contribution in [3.05, 3.63) is 61.1 Å². The number of hydrogen-bond acceptors (Lipinski definition) is 5. The van der Waals surface area contributed by atoms with Crippen molar-refractivity contribution in [2.45, 2.75) is 25.8 Å². The number of aromatic nitrogens is 3. The third-order valence-corrected chi connectivity index (χ3v) is 7.26. The Balaban J connectivity index is 1.53. The fraction of sp³-hybridized carbons (Fsp3) is 0.269. The molecule has 8 nitrogen and oxygen atoms in total. The molecular weight excluding hydrogens is 428 g/mol. The summed E-state index contributed by atoms with van der Waals surface area (Å²) in [6, 6.07) is 13.6. The zero-order valence-corrected chi connectivity index (χ0v) is 19.2. The molecule has 0 aliphatic carbocycles. The van der Waals surface area contributed by atoms with Gasteiger partial charge in [0.05, 0.1) is 30.5 Å². The van der Waals surface area contributed by atoms with Gasteiger partial charge in [-0.2, -0.15) is 4.48 Å². The first kappa shape index (κ1) is 20.7. The molecule has 0 saturated carbocycles. The van der Waals surface area contributed by atoms with Gasteiger partial charge in [0.15, 0.2) is 11.4 Å². The second-order valence-electron chi connectivity index (χ2n) is 9.15. The third kappa shape index (κ3) is 2.92. The monoisotopic (exact) mass is 453 g/mol. The number of urea groups is 1. The number of carbonyl (C=O) groups is 2. The summed E-state index contributed by atoms with van der Waals surface area (Å²) in [5.74, 6) is 0.0748. The van der Waals surface area contributed by atoms with Crippen LogP contribution in [0.5, 0.6) is 0 Å². The molecule has 4 aromatic rings. The zero-order chi connectivity index (χ0) is 23.4. The molecule has 1 aromatic carbocycles. The largest absolute Gasteiger partial charge is 0.434 e. The normalized spacial score (nSPS) is 20.8. The van der Waals surface area contributed by atoms with Crippen molar-refractivity contribution in [1.29, 1.82) is 0 Å². The van der Waals surface area contributed by atoms with Gasteiger partial charge >= 0.3 is 6.03 Å². The average molecular weight is 454 g/mol. The Bertz CT molecular complexity index is 1460. The molecule has 8 heteroatoms. The Morgan fingerprint density at radius 3 is 2.53 bits per heavy atom. The number of piperidine rings is 1. The number of benzene rings is 1. The van der Waals surface area contributed by atoms with Crippen molar-refractivity contribution < 1.29 is 9.59 Å². The number of amides is 3. The van der Waals surface area contributed by atoms with Gasteiger partial charge in [-0.25, -0.2) is 14.7 Å². The number of pyridine rings is 3. The Kier molecular flexibility index (Phi) is 4.60. The second-order valence-corrected chi connectivity index (χ2v) is 9.15. The lowest BCUT2D eigenvalue weighted by Crippen LogP contribution is -2.54. The number of anilines is 1. The molecule has 0 spiro atoms. The van der Waals surface area contributed by atoms with E-state index >= 15 is 0 Å². The zero-order valence-electron chi connectivity index (χ0n) is 19.2. The predicted octanol–water partition coefficient (Wildman–Crippen LogP) is 4.40. The van der Waals surface area contributed by atoms with Crippen molar-refractivity contribution in [2.24, 2.45) is 0 Å². The summed E-state index contributed by atoms with van der Waals surface area (Å²) in [6.07, 6.45) is 6.77. The minimum atomic E-state index is -0.0559. The molecule has 0 N–H and O–H groups in total. The number of rotatable bonds is 2. The number of nitrogens with zero attached hydrogens (tertiary/aromatic N) is 6. The summed E-state index contributed by atoms with van der Waals surface area (Å²) in [7, 11) is 1.91. The second kappa shape index (κ2) is 7.56. The van der Waals surface area contributed by atoms with Crippen LogP contribution in [0, 0.1) is 0 Å². The lowest BCUT2D eigenvalue weighted by atomic mass is 10.0. The molecule has 170 valence electrons. The SMILES string of the molecule is CC(=O)N1CCC(N2C(=O)[N+](C)(c3cnc4ccccc4c3)c3cnc4cccnc4c32)CC1. The smallest absolute Gasteiger partial charge is 0.343 e. The van der Waals surface area contributed by atoms with Gasteiger partial charge in [-0.15, -0.1) is 0 Å². The van der Waals surface area contributed by atoms with E-state index in [4.69, 9.17) is 0 Å². The van der Waals surface area contributed by atoms with E-state index in [-0.39, 0.29) is 22.5 Å². The quantitative estimate of drug-likeness (QED) is 0.421. The molecule has 3 aromatic heterocycles. The summed E-state index contributed by atoms with van der Waals surface area (Å²) in [5.41, 5.74) is 4.75. The summed E-state index contributed by atoms with van der Waals surface area (Å²) in [5, 5.41) is 0.980. The first-order valence-electron chi connectivity index (χ1n) is 11.5. The molecule has 1 unspecified atom stereocenters. The van der Waals surface area contributed by atoms with Gasteiger partial charge in [-0.05, 0) is 31.0 Å². The number of para-hydroxylation sites is 1. The molecule has 0 radical (unpaired) electrons. The van der Waals surface area contributed by atoms with Gasteiger partial charge in [-0.1, -0.05) is 18.2 Å². The molecule has 3 amide bonds. The lowest BCUT2D eigenvalue weighted by molar-refractivity contribution is -0.129.